The SMILES string of the molecule is c1ccc(-c2cc(N(c3ccc(-c4cccc5ccccc45)cc3)c3ccc(-c4cccc5ccccc45)cc3)ccc2-c2ccccc2-n2c3ccccc3c3ccccc32)cc1. The average Bonchev–Trinajstić information content (AvgIpc) is 3.71. The van der Waals surface area contributed by atoms with Crippen LogP contribution >= 0.6 is 0 Å². The van der Waals surface area contributed by atoms with E-state index in [2.05, 4.69) is 264 Å². The van der Waals surface area contributed by atoms with Crippen molar-refractivity contribution in [3.8, 4) is 50.2 Å². The van der Waals surface area contributed by atoms with Gasteiger partial charge in [-0.3, -0.25) is 0 Å². The summed E-state index contributed by atoms with van der Waals surface area (Å²) in [7, 11) is 0. The van der Waals surface area contributed by atoms with Gasteiger partial charge in [0.15, 0.2) is 0 Å². The minimum Gasteiger partial charge on any atom is -0.310 e. The topological polar surface area (TPSA) is 8.17 Å². The third-order valence-corrected chi connectivity index (χ3v) is 12.8. The fraction of sp³-hybridized carbons (Fsp3) is 0. The van der Waals surface area contributed by atoms with Crippen molar-refractivity contribution in [2.75, 3.05) is 4.90 Å². The van der Waals surface area contributed by atoms with E-state index < -0.39 is 0 Å². The Kier molecular flexibility index (Phi) is 9.20. The third-order valence-electron chi connectivity index (χ3n) is 12.8. The number of hydrogen-bond donors (Lipinski definition) is 0. The summed E-state index contributed by atoms with van der Waals surface area (Å²) >= 11 is 0. The minimum atomic E-state index is 1.08. The fourth-order valence-electron chi connectivity index (χ4n) is 9.82. The van der Waals surface area contributed by atoms with Crippen LogP contribution in [-0.2, 0) is 0 Å². The molecule has 0 radical (unpaired) electrons. The molecule has 0 aliphatic carbocycles. The largest absolute Gasteiger partial charge is 0.310 e. The summed E-state index contributed by atoms with van der Waals surface area (Å²) in [6.07, 6.45) is 0. The summed E-state index contributed by atoms with van der Waals surface area (Å²) in [6, 6.07) is 92.7. The van der Waals surface area contributed by atoms with E-state index in [1.807, 2.05) is 0 Å². The highest BCUT2D eigenvalue weighted by Crippen LogP contribution is 2.44. The molecule has 1 heterocycles. The maximum absolute atomic E-state index is 2.43. The van der Waals surface area contributed by atoms with Crippen LogP contribution in [0.15, 0.2) is 255 Å². The Balaban J connectivity index is 1.04. The van der Waals surface area contributed by atoms with Crippen molar-refractivity contribution >= 4 is 60.4 Å². The molecule has 11 aromatic carbocycles. The van der Waals surface area contributed by atoms with E-state index >= 15 is 0 Å². The van der Waals surface area contributed by atoms with E-state index in [4.69, 9.17) is 0 Å². The fourth-order valence-corrected chi connectivity index (χ4v) is 9.82. The summed E-state index contributed by atoms with van der Waals surface area (Å²) in [4.78, 5) is 2.40. The van der Waals surface area contributed by atoms with Gasteiger partial charge in [-0.05, 0) is 115 Å². The molecular formula is C62H42N2. The smallest absolute Gasteiger partial charge is 0.0541 e. The maximum atomic E-state index is 2.43. The molecule has 12 rings (SSSR count). The lowest BCUT2D eigenvalue weighted by Gasteiger charge is -2.27. The zero-order valence-electron chi connectivity index (χ0n) is 35.1. The Morgan fingerprint density at radius 3 is 1.25 bits per heavy atom. The van der Waals surface area contributed by atoms with Gasteiger partial charge in [0.25, 0.3) is 0 Å². The average molecular weight is 815 g/mol. The van der Waals surface area contributed by atoms with Crippen LogP contribution in [-0.4, -0.2) is 4.57 Å². The van der Waals surface area contributed by atoms with Crippen LogP contribution in [0.25, 0.3) is 93.5 Å². The van der Waals surface area contributed by atoms with E-state index in [1.54, 1.807) is 0 Å². The number of anilines is 3. The van der Waals surface area contributed by atoms with E-state index in [0.717, 1.165) is 33.9 Å². The lowest BCUT2D eigenvalue weighted by molar-refractivity contribution is 1.18. The van der Waals surface area contributed by atoms with Crippen LogP contribution in [0, 0.1) is 0 Å². The number of aromatic nitrogens is 1. The zero-order valence-corrected chi connectivity index (χ0v) is 35.1. The number of para-hydroxylation sites is 3. The Morgan fingerprint density at radius 1 is 0.250 bits per heavy atom. The van der Waals surface area contributed by atoms with E-state index in [9.17, 15) is 0 Å². The monoisotopic (exact) mass is 814 g/mol. The highest BCUT2D eigenvalue weighted by Gasteiger charge is 2.21. The normalized spacial score (nSPS) is 11.4. The molecule has 0 atom stereocenters. The molecule has 0 saturated heterocycles. The first-order chi connectivity index (χ1) is 31.8. The number of rotatable bonds is 8. The van der Waals surface area contributed by atoms with Gasteiger partial charge in [-0.2, -0.15) is 0 Å². The molecule has 300 valence electrons. The first-order valence-electron chi connectivity index (χ1n) is 22.0. The van der Waals surface area contributed by atoms with Gasteiger partial charge in [-0.1, -0.05) is 200 Å². The first-order valence-corrected chi connectivity index (χ1v) is 22.0. The van der Waals surface area contributed by atoms with Crippen molar-refractivity contribution in [2.24, 2.45) is 0 Å². The highest BCUT2D eigenvalue weighted by atomic mass is 15.1. The molecule has 0 aliphatic heterocycles. The van der Waals surface area contributed by atoms with Crippen LogP contribution in [0.2, 0.25) is 0 Å². The van der Waals surface area contributed by atoms with Gasteiger partial charge in [0.2, 0.25) is 0 Å². The van der Waals surface area contributed by atoms with Gasteiger partial charge in [0.05, 0.1) is 16.7 Å². The molecule has 2 nitrogen and oxygen atoms in total. The molecule has 0 saturated carbocycles. The number of hydrogen-bond acceptors (Lipinski definition) is 1. The van der Waals surface area contributed by atoms with Crippen molar-refractivity contribution in [1.29, 1.82) is 0 Å². The molecule has 0 spiro atoms. The Morgan fingerprint density at radius 2 is 0.672 bits per heavy atom. The number of benzene rings is 11. The van der Waals surface area contributed by atoms with Crippen molar-refractivity contribution in [1.82, 2.24) is 4.57 Å². The Bertz CT molecular complexity index is 3470. The molecular weight excluding hydrogens is 773 g/mol. The third kappa shape index (κ3) is 6.44. The summed E-state index contributed by atoms with van der Waals surface area (Å²) in [6.45, 7) is 0. The predicted molar refractivity (Wildman–Crippen MR) is 272 cm³/mol. The second-order valence-corrected chi connectivity index (χ2v) is 16.5. The zero-order chi connectivity index (χ0) is 42.4. The molecule has 12 aromatic rings. The molecule has 0 fully saturated rings. The number of fused-ring (bicyclic) bond motifs is 5. The molecule has 2 heteroatoms. The van der Waals surface area contributed by atoms with Gasteiger partial charge < -0.3 is 9.47 Å². The van der Waals surface area contributed by atoms with Crippen LogP contribution in [0.4, 0.5) is 17.1 Å². The standard InChI is InChI=1S/C62H42N2/c1-2-16-45(17-3-1)59-42-50(40-41-55(59)56-24-8-11-29-60(56)64-61-30-12-9-25-57(61)58-26-10-13-31-62(58)64)63(48-36-32-46(33-37-48)53-27-14-20-43-18-4-6-22-51(43)53)49-38-34-47(35-39-49)54-28-15-21-44-19-5-7-23-52(44)54/h1-42H. The Hall–Kier alpha value is -8.46. The Labute approximate surface area is 373 Å². The van der Waals surface area contributed by atoms with Gasteiger partial charge >= 0.3 is 0 Å². The van der Waals surface area contributed by atoms with Gasteiger partial charge in [-0.25, -0.2) is 0 Å². The van der Waals surface area contributed by atoms with Crippen LogP contribution in [0.5, 0.6) is 0 Å². The van der Waals surface area contributed by atoms with Gasteiger partial charge in [-0.15, -0.1) is 0 Å². The summed E-state index contributed by atoms with van der Waals surface area (Å²) < 4.78 is 2.43. The van der Waals surface area contributed by atoms with E-state index in [1.165, 1.54) is 76.7 Å². The minimum absolute atomic E-state index is 1.08. The summed E-state index contributed by atoms with van der Waals surface area (Å²) in [5.74, 6) is 0. The van der Waals surface area contributed by atoms with Gasteiger partial charge in [0.1, 0.15) is 0 Å². The van der Waals surface area contributed by atoms with Crippen LogP contribution in [0.3, 0.4) is 0 Å². The highest BCUT2D eigenvalue weighted by molar-refractivity contribution is 6.10. The van der Waals surface area contributed by atoms with Crippen molar-refractivity contribution in [3.63, 3.8) is 0 Å². The molecule has 0 amide bonds. The maximum Gasteiger partial charge on any atom is 0.0541 e. The van der Waals surface area contributed by atoms with E-state index in [-0.39, 0.29) is 0 Å². The molecule has 0 bridgehead atoms. The molecule has 0 aliphatic rings. The summed E-state index contributed by atoms with van der Waals surface area (Å²) in [5.41, 5.74) is 16.3. The molecule has 0 N–H and O–H groups in total. The quantitative estimate of drug-likeness (QED) is 0.148. The van der Waals surface area contributed by atoms with Crippen LogP contribution < -0.4 is 4.90 Å². The predicted octanol–water partition coefficient (Wildman–Crippen LogP) is 17.2. The van der Waals surface area contributed by atoms with Crippen LogP contribution in [0.1, 0.15) is 0 Å². The van der Waals surface area contributed by atoms with E-state index in [0.29, 0.717) is 0 Å². The number of nitrogens with zero attached hydrogens (tertiary/aromatic N) is 2. The van der Waals surface area contributed by atoms with Crippen molar-refractivity contribution in [3.05, 3.63) is 255 Å². The first kappa shape index (κ1) is 37.3. The lowest BCUT2D eigenvalue weighted by atomic mass is 9.92. The molecule has 0 unspecified atom stereocenters. The summed E-state index contributed by atoms with van der Waals surface area (Å²) in [5, 5.41) is 7.49. The second kappa shape index (κ2) is 15.8. The molecule has 64 heavy (non-hydrogen) atoms. The van der Waals surface area contributed by atoms with Crippen molar-refractivity contribution < 1.29 is 0 Å². The van der Waals surface area contributed by atoms with Gasteiger partial charge in [0, 0.05) is 33.4 Å². The van der Waals surface area contributed by atoms with Crippen molar-refractivity contribution in [2.45, 2.75) is 0 Å². The lowest BCUT2D eigenvalue weighted by Crippen LogP contribution is -2.10. The molecule has 1 aromatic heterocycles. The second-order valence-electron chi connectivity index (χ2n) is 16.5.